The first-order valence-electron chi connectivity index (χ1n) is 12.2. The number of unbranched alkanes of at least 4 members (excludes halogenated alkanes) is 1. The van der Waals surface area contributed by atoms with Gasteiger partial charge in [0.15, 0.2) is 11.6 Å². The fraction of sp³-hybridized carbons (Fsp3) is 0.276. The number of carbonyl (C=O) groups excluding carboxylic acids is 3. The number of carbonyl (C=O) groups is 3. The number of nitrogens with one attached hydrogen (secondary N) is 1. The maximum absolute atomic E-state index is 13.6. The molecule has 0 bridgehead atoms. The van der Waals surface area contributed by atoms with E-state index in [0.717, 1.165) is 19.3 Å². The number of morpholine rings is 1. The average molecular weight is 469 g/mol. The minimum atomic E-state index is -0.313. The van der Waals surface area contributed by atoms with Crippen LogP contribution in [0.25, 0.3) is 0 Å². The summed E-state index contributed by atoms with van der Waals surface area (Å²) in [7, 11) is 0. The second-order valence-electron chi connectivity index (χ2n) is 8.94. The van der Waals surface area contributed by atoms with E-state index in [4.69, 9.17) is 4.74 Å². The number of rotatable bonds is 6. The predicted molar refractivity (Wildman–Crippen MR) is 136 cm³/mol. The van der Waals surface area contributed by atoms with Gasteiger partial charge in [0.05, 0.1) is 30.0 Å². The molecule has 1 N–H and O–H groups in total. The van der Waals surface area contributed by atoms with Crippen LogP contribution in [-0.4, -0.2) is 43.8 Å². The first-order chi connectivity index (χ1) is 17.1. The Kier molecular flexibility index (Phi) is 6.47. The van der Waals surface area contributed by atoms with Crippen molar-refractivity contribution < 1.29 is 19.1 Å². The molecular weight excluding hydrogens is 440 g/mol. The maximum atomic E-state index is 13.6. The molecule has 0 aromatic heterocycles. The lowest BCUT2D eigenvalue weighted by Gasteiger charge is -2.32. The van der Waals surface area contributed by atoms with Crippen molar-refractivity contribution in [1.29, 1.82) is 0 Å². The summed E-state index contributed by atoms with van der Waals surface area (Å²) in [5.41, 5.74) is 4.11. The fourth-order valence-electron chi connectivity index (χ4n) is 4.78. The van der Waals surface area contributed by atoms with Crippen molar-refractivity contribution in [3.63, 3.8) is 0 Å². The molecule has 0 unspecified atom stereocenters. The number of ketones is 2. The Balaban J connectivity index is 1.53. The van der Waals surface area contributed by atoms with Gasteiger partial charge in [0.1, 0.15) is 0 Å². The lowest BCUT2D eigenvalue weighted by Crippen LogP contribution is -2.38. The normalized spacial score (nSPS) is 14.9. The highest BCUT2D eigenvalue weighted by Crippen LogP contribution is 2.38. The second kappa shape index (κ2) is 9.84. The summed E-state index contributed by atoms with van der Waals surface area (Å²) in [4.78, 5) is 42.4. The zero-order chi connectivity index (χ0) is 24.4. The Bertz CT molecular complexity index is 1290. The number of fused-ring (bicyclic) bond motifs is 2. The summed E-state index contributed by atoms with van der Waals surface area (Å²) in [6.45, 7) is 4.52. The van der Waals surface area contributed by atoms with Gasteiger partial charge >= 0.3 is 0 Å². The molecule has 1 aliphatic heterocycles. The van der Waals surface area contributed by atoms with Crippen LogP contribution in [-0.2, 0) is 11.2 Å². The van der Waals surface area contributed by atoms with Crippen LogP contribution in [0.15, 0.2) is 60.7 Å². The quantitative estimate of drug-likeness (QED) is 0.436. The number of aryl methyl sites for hydroxylation is 1. The van der Waals surface area contributed by atoms with Crippen LogP contribution in [0.2, 0.25) is 0 Å². The Morgan fingerprint density at radius 3 is 2.20 bits per heavy atom. The molecule has 0 radical (unpaired) electrons. The number of amides is 1. The molecule has 6 heteroatoms. The standard InChI is InChI=1S/C29H28N2O4/c1-2-3-6-19-9-11-20(12-10-19)29(34)30-23-13-14-24(31-15-17-35-18-16-31)26-25(23)27(32)21-7-4-5-8-22(21)28(26)33/h4-5,7-14H,2-3,6,15-18H2,1H3,(H,30,34). The van der Waals surface area contributed by atoms with Crippen LogP contribution in [0, 0.1) is 0 Å². The van der Waals surface area contributed by atoms with E-state index in [0.29, 0.717) is 59.9 Å². The first kappa shape index (κ1) is 23.0. The molecule has 2 aliphatic rings. The molecule has 6 nitrogen and oxygen atoms in total. The zero-order valence-corrected chi connectivity index (χ0v) is 19.8. The molecule has 1 amide bonds. The molecule has 35 heavy (non-hydrogen) atoms. The van der Waals surface area contributed by atoms with Crippen LogP contribution in [0.4, 0.5) is 11.4 Å². The number of anilines is 2. The van der Waals surface area contributed by atoms with E-state index >= 15 is 0 Å². The van der Waals surface area contributed by atoms with E-state index in [2.05, 4.69) is 17.1 Å². The highest BCUT2D eigenvalue weighted by Gasteiger charge is 2.35. The lowest BCUT2D eigenvalue weighted by molar-refractivity contribution is 0.0977. The number of benzene rings is 3. The molecule has 0 spiro atoms. The summed E-state index contributed by atoms with van der Waals surface area (Å²) in [5.74, 6) is -0.768. The molecule has 1 aliphatic carbocycles. The van der Waals surface area contributed by atoms with E-state index in [-0.39, 0.29) is 23.0 Å². The molecule has 1 saturated heterocycles. The van der Waals surface area contributed by atoms with Gasteiger partial charge in [-0.2, -0.15) is 0 Å². The molecule has 3 aromatic carbocycles. The molecular formula is C29H28N2O4. The van der Waals surface area contributed by atoms with Gasteiger partial charge in [-0.25, -0.2) is 0 Å². The number of hydrogen-bond acceptors (Lipinski definition) is 5. The van der Waals surface area contributed by atoms with Crippen LogP contribution in [0.5, 0.6) is 0 Å². The predicted octanol–water partition coefficient (Wildman–Crippen LogP) is 4.89. The third-order valence-corrected chi connectivity index (χ3v) is 6.69. The Morgan fingerprint density at radius 1 is 0.886 bits per heavy atom. The van der Waals surface area contributed by atoms with E-state index in [1.807, 2.05) is 18.2 Å². The molecule has 178 valence electrons. The third-order valence-electron chi connectivity index (χ3n) is 6.69. The van der Waals surface area contributed by atoms with Crippen molar-refractivity contribution in [2.24, 2.45) is 0 Å². The summed E-state index contributed by atoms with van der Waals surface area (Å²) < 4.78 is 5.47. The summed E-state index contributed by atoms with van der Waals surface area (Å²) in [6, 6.07) is 18.0. The van der Waals surface area contributed by atoms with Crippen LogP contribution in [0.1, 0.15) is 67.5 Å². The molecule has 3 aromatic rings. The molecule has 1 fully saturated rings. The second-order valence-corrected chi connectivity index (χ2v) is 8.94. The topological polar surface area (TPSA) is 75.7 Å². The smallest absolute Gasteiger partial charge is 0.255 e. The zero-order valence-electron chi connectivity index (χ0n) is 19.8. The number of nitrogens with zero attached hydrogens (tertiary/aromatic N) is 1. The Hall–Kier alpha value is -3.77. The van der Waals surface area contributed by atoms with Gasteiger partial charge in [-0.05, 0) is 42.7 Å². The van der Waals surface area contributed by atoms with Gasteiger partial charge in [0, 0.05) is 35.5 Å². The minimum Gasteiger partial charge on any atom is -0.378 e. The SMILES string of the molecule is CCCCc1ccc(C(=O)Nc2ccc(N3CCOCC3)c3c2C(=O)c2ccccc2C3=O)cc1. The van der Waals surface area contributed by atoms with Gasteiger partial charge in [-0.3, -0.25) is 14.4 Å². The average Bonchev–Trinajstić information content (AvgIpc) is 2.91. The lowest BCUT2D eigenvalue weighted by atomic mass is 9.82. The number of ether oxygens (including phenoxy) is 1. The van der Waals surface area contributed by atoms with Crippen molar-refractivity contribution in [2.45, 2.75) is 26.2 Å². The Morgan fingerprint density at radius 2 is 1.54 bits per heavy atom. The van der Waals surface area contributed by atoms with Gasteiger partial charge in [-0.15, -0.1) is 0 Å². The van der Waals surface area contributed by atoms with Gasteiger partial charge in [0.2, 0.25) is 0 Å². The maximum Gasteiger partial charge on any atom is 0.255 e. The van der Waals surface area contributed by atoms with Gasteiger partial charge in [-0.1, -0.05) is 49.7 Å². The molecule has 0 saturated carbocycles. The monoisotopic (exact) mass is 468 g/mol. The Labute approximate surface area is 204 Å². The molecule has 1 heterocycles. The molecule has 5 rings (SSSR count). The largest absolute Gasteiger partial charge is 0.378 e. The first-order valence-corrected chi connectivity index (χ1v) is 12.2. The summed E-state index contributed by atoms with van der Waals surface area (Å²) >= 11 is 0. The van der Waals surface area contributed by atoms with E-state index in [1.54, 1.807) is 42.5 Å². The van der Waals surface area contributed by atoms with Crippen LogP contribution >= 0.6 is 0 Å². The highest BCUT2D eigenvalue weighted by atomic mass is 16.5. The molecule has 0 atom stereocenters. The van der Waals surface area contributed by atoms with Crippen molar-refractivity contribution in [2.75, 3.05) is 36.5 Å². The van der Waals surface area contributed by atoms with Gasteiger partial charge in [0.25, 0.3) is 5.91 Å². The summed E-state index contributed by atoms with van der Waals surface area (Å²) in [5, 5.41) is 2.91. The number of hydrogen-bond donors (Lipinski definition) is 1. The van der Waals surface area contributed by atoms with E-state index < -0.39 is 0 Å². The van der Waals surface area contributed by atoms with Crippen molar-refractivity contribution in [3.05, 3.63) is 94.0 Å². The van der Waals surface area contributed by atoms with E-state index in [9.17, 15) is 14.4 Å². The van der Waals surface area contributed by atoms with Crippen molar-refractivity contribution >= 4 is 28.8 Å². The highest BCUT2D eigenvalue weighted by molar-refractivity contribution is 6.32. The van der Waals surface area contributed by atoms with Crippen molar-refractivity contribution in [3.8, 4) is 0 Å². The summed E-state index contributed by atoms with van der Waals surface area (Å²) in [6.07, 6.45) is 3.19. The fourth-order valence-corrected chi connectivity index (χ4v) is 4.78. The van der Waals surface area contributed by atoms with Crippen LogP contribution < -0.4 is 10.2 Å². The minimum absolute atomic E-state index is 0.201. The van der Waals surface area contributed by atoms with Gasteiger partial charge < -0.3 is 15.0 Å². The van der Waals surface area contributed by atoms with E-state index in [1.165, 1.54) is 5.56 Å². The van der Waals surface area contributed by atoms with Crippen molar-refractivity contribution in [1.82, 2.24) is 0 Å². The van der Waals surface area contributed by atoms with Crippen LogP contribution in [0.3, 0.4) is 0 Å². The third kappa shape index (κ3) is 4.37.